The summed E-state index contributed by atoms with van der Waals surface area (Å²) < 4.78 is 10.1. The van der Waals surface area contributed by atoms with Gasteiger partial charge >= 0.3 is 7.87 Å². The number of hydrogen-bond acceptors (Lipinski definition) is 7. The Morgan fingerprint density at radius 1 is 1.27 bits per heavy atom. The number of anilines is 1. The molecule has 1 unspecified atom stereocenters. The number of aliphatic hydroxyl groups excluding tert-OH is 1. The van der Waals surface area contributed by atoms with Gasteiger partial charge in [-0.3, -0.25) is 4.79 Å². The van der Waals surface area contributed by atoms with Crippen molar-refractivity contribution in [2.75, 3.05) is 18.5 Å². The minimum Gasteiger partial charge on any atom is -0.509 e. The highest BCUT2D eigenvalue weighted by Gasteiger charge is 2.53. The van der Waals surface area contributed by atoms with Crippen molar-refractivity contribution in [3.05, 3.63) is 35.1 Å². The van der Waals surface area contributed by atoms with E-state index >= 15 is 0 Å². The molecule has 2 aliphatic rings. The zero-order chi connectivity index (χ0) is 24.8. The SMILES string of the molecule is CCO[P+]1(O)N=C(C2=C(O)[C@H](C(C)(C)C)N(CCC(C)(C)C)C2=O)Nc2ccc(C#N)cc21. The van der Waals surface area contributed by atoms with E-state index in [1.165, 1.54) is 0 Å². The Bertz CT molecular complexity index is 1060. The van der Waals surface area contributed by atoms with Gasteiger partial charge in [-0.05, 0) is 41.1 Å². The van der Waals surface area contributed by atoms with Gasteiger partial charge in [0.05, 0.1) is 30.0 Å². The molecule has 33 heavy (non-hydrogen) atoms. The third-order valence-corrected chi connectivity index (χ3v) is 7.79. The number of rotatable bonds is 5. The van der Waals surface area contributed by atoms with Crippen LogP contribution in [-0.2, 0) is 9.32 Å². The average Bonchev–Trinajstić information content (AvgIpc) is 2.95. The molecule has 0 fully saturated rings. The second-order valence-corrected chi connectivity index (χ2v) is 12.7. The molecule has 1 aromatic rings. The second-order valence-electron chi connectivity index (χ2n) is 10.7. The second kappa shape index (κ2) is 8.72. The predicted octanol–water partition coefficient (Wildman–Crippen LogP) is 4.30. The zero-order valence-corrected chi connectivity index (χ0v) is 21.3. The molecular weight excluding hydrogens is 439 g/mol. The molecule has 0 saturated heterocycles. The Kier molecular flexibility index (Phi) is 6.65. The van der Waals surface area contributed by atoms with Gasteiger partial charge in [0.1, 0.15) is 11.3 Å². The highest BCUT2D eigenvalue weighted by atomic mass is 31.2. The molecule has 0 aromatic heterocycles. The number of hydrogen-bond donors (Lipinski definition) is 3. The maximum Gasteiger partial charge on any atom is 0.432 e. The molecule has 0 saturated carbocycles. The van der Waals surface area contributed by atoms with Crippen LogP contribution in [0.2, 0.25) is 0 Å². The lowest BCUT2D eigenvalue weighted by Gasteiger charge is -2.36. The maximum absolute atomic E-state index is 13.6. The van der Waals surface area contributed by atoms with Crippen LogP contribution in [0.3, 0.4) is 0 Å². The van der Waals surface area contributed by atoms with Crippen LogP contribution in [0.4, 0.5) is 5.69 Å². The number of aliphatic hydroxyl groups is 1. The molecule has 3 N–H and O–H groups in total. The van der Waals surface area contributed by atoms with E-state index in [0.717, 1.165) is 6.42 Å². The fourth-order valence-corrected chi connectivity index (χ4v) is 5.96. The Morgan fingerprint density at radius 2 is 1.94 bits per heavy atom. The summed E-state index contributed by atoms with van der Waals surface area (Å²) in [5, 5.41) is 24.0. The van der Waals surface area contributed by atoms with Crippen LogP contribution in [-0.4, -0.2) is 45.8 Å². The summed E-state index contributed by atoms with van der Waals surface area (Å²) in [5.41, 5.74) is 0.514. The molecule has 0 spiro atoms. The van der Waals surface area contributed by atoms with Crippen molar-refractivity contribution >= 4 is 30.6 Å². The van der Waals surface area contributed by atoms with E-state index in [2.05, 4.69) is 36.9 Å². The first-order valence-electron chi connectivity index (χ1n) is 11.1. The fraction of sp³-hybridized carbons (Fsp3) is 0.542. The number of benzene rings is 1. The monoisotopic (exact) mass is 473 g/mol. The van der Waals surface area contributed by atoms with Crippen LogP contribution in [0.25, 0.3) is 0 Å². The van der Waals surface area contributed by atoms with Crippen LogP contribution in [0.5, 0.6) is 0 Å². The van der Waals surface area contributed by atoms with Crippen LogP contribution in [0.1, 0.15) is 60.5 Å². The lowest BCUT2D eigenvalue weighted by molar-refractivity contribution is -0.128. The standard InChI is InChI=1S/C24H33N4O4P/c1-8-32-33(31)17-13-15(14-25)9-10-16(17)26-21(27-33)18-19(29)20(24(5,6)7)28(22(18)30)12-11-23(2,3)4/h9-10,13,20,31H,8,11-12H2,1-7H3,(H-,26,27,29,30)/p+1/t20-,33?/m1/s1. The maximum atomic E-state index is 13.6. The van der Waals surface area contributed by atoms with Gasteiger partial charge in [-0.15, -0.1) is 0 Å². The lowest BCUT2D eigenvalue weighted by atomic mass is 9.84. The van der Waals surface area contributed by atoms with Crippen molar-refractivity contribution < 1.29 is 19.3 Å². The summed E-state index contributed by atoms with van der Waals surface area (Å²) in [6.45, 7) is 14.7. The van der Waals surface area contributed by atoms with Gasteiger partial charge < -0.3 is 15.3 Å². The van der Waals surface area contributed by atoms with E-state index in [4.69, 9.17) is 4.52 Å². The van der Waals surface area contributed by atoms with Crippen molar-refractivity contribution in [1.82, 2.24) is 4.90 Å². The van der Waals surface area contributed by atoms with E-state index in [9.17, 15) is 20.1 Å². The molecule has 2 aliphatic heterocycles. The number of amidine groups is 1. The van der Waals surface area contributed by atoms with Gasteiger partial charge in [0, 0.05) is 12.6 Å². The minimum atomic E-state index is -3.52. The average molecular weight is 474 g/mol. The Hall–Kier alpha value is -2.46. The minimum absolute atomic E-state index is 0.0137. The van der Waals surface area contributed by atoms with Crippen LogP contribution in [0, 0.1) is 22.2 Å². The lowest BCUT2D eigenvalue weighted by Crippen LogP contribution is -2.45. The summed E-state index contributed by atoms with van der Waals surface area (Å²) in [4.78, 5) is 26.7. The van der Waals surface area contributed by atoms with Crippen molar-refractivity contribution in [1.29, 1.82) is 5.26 Å². The molecule has 0 aliphatic carbocycles. The largest absolute Gasteiger partial charge is 0.509 e. The van der Waals surface area contributed by atoms with E-state index in [-0.39, 0.29) is 35.1 Å². The quantitative estimate of drug-likeness (QED) is 0.549. The molecule has 8 nitrogen and oxygen atoms in total. The van der Waals surface area contributed by atoms with Crippen molar-refractivity contribution in [2.45, 2.75) is 60.9 Å². The van der Waals surface area contributed by atoms with Gasteiger partial charge in [-0.1, -0.05) is 41.5 Å². The Balaban J connectivity index is 2.10. The van der Waals surface area contributed by atoms with E-state index in [1.807, 2.05) is 20.8 Å². The molecule has 0 radical (unpaired) electrons. The number of nitrogens with one attached hydrogen (secondary N) is 1. The topological polar surface area (TPSA) is 118 Å². The summed E-state index contributed by atoms with van der Waals surface area (Å²) >= 11 is 0. The Morgan fingerprint density at radius 3 is 2.48 bits per heavy atom. The molecule has 0 bridgehead atoms. The van der Waals surface area contributed by atoms with Gasteiger partial charge in [-0.25, -0.2) is 0 Å². The molecule has 1 aromatic carbocycles. The molecular formula is C24H34N4O4P+. The first-order chi connectivity index (χ1) is 15.2. The number of carbonyl (C=O) groups is 1. The first kappa shape index (κ1) is 25.2. The first-order valence-corrected chi connectivity index (χ1v) is 12.8. The van der Waals surface area contributed by atoms with Gasteiger partial charge in [0.25, 0.3) is 5.91 Å². The van der Waals surface area contributed by atoms with Crippen LogP contribution in [0.15, 0.2) is 34.3 Å². The van der Waals surface area contributed by atoms with Crippen LogP contribution >= 0.6 is 7.87 Å². The summed E-state index contributed by atoms with van der Waals surface area (Å²) in [6.07, 6.45) is 0.765. The highest BCUT2D eigenvalue weighted by molar-refractivity contribution is 7.72. The predicted molar refractivity (Wildman–Crippen MR) is 131 cm³/mol. The molecule has 2 atom stereocenters. The van der Waals surface area contributed by atoms with Crippen molar-refractivity contribution in [3.63, 3.8) is 0 Å². The fourth-order valence-electron chi connectivity index (χ4n) is 4.12. The number of nitrogens with zero attached hydrogens (tertiary/aromatic N) is 3. The number of fused-ring (bicyclic) bond motifs is 1. The highest BCUT2D eigenvalue weighted by Crippen LogP contribution is 2.60. The summed E-state index contributed by atoms with van der Waals surface area (Å²) in [7, 11) is -3.52. The summed E-state index contributed by atoms with van der Waals surface area (Å²) in [6, 6.07) is 6.35. The number of carbonyl (C=O) groups excluding carboxylic acids is 1. The molecule has 2 heterocycles. The van der Waals surface area contributed by atoms with Crippen molar-refractivity contribution in [2.24, 2.45) is 15.6 Å². The molecule has 9 heteroatoms. The smallest absolute Gasteiger partial charge is 0.432 e. The molecule has 3 rings (SSSR count). The van der Waals surface area contributed by atoms with Crippen molar-refractivity contribution in [3.8, 4) is 6.07 Å². The number of amides is 1. The third-order valence-electron chi connectivity index (χ3n) is 5.70. The van der Waals surface area contributed by atoms with E-state index in [0.29, 0.717) is 23.1 Å². The third kappa shape index (κ3) is 4.91. The van der Waals surface area contributed by atoms with Gasteiger partial charge in [0.15, 0.2) is 5.84 Å². The summed E-state index contributed by atoms with van der Waals surface area (Å²) in [5.74, 6) is -0.303. The molecule has 178 valence electrons. The van der Waals surface area contributed by atoms with Crippen LogP contribution < -0.4 is 10.6 Å². The normalized spacial score (nSPS) is 23.2. The van der Waals surface area contributed by atoms with Gasteiger partial charge in [-0.2, -0.15) is 14.7 Å². The van der Waals surface area contributed by atoms with E-state index < -0.39 is 19.3 Å². The van der Waals surface area contributed by atoms with Gasteiger partial charge in [0.2, 0.25) is 5.30 Å². The molecule has 1 amide bonds. The zero-order valence-electron chi connectivity index (χ0n) is 20.4. The number of nitriles is 1. The Labute approximate surface area is 196 Å². The van der Waals surface area contributed by atoms with E-state index in [1.54, 1.807) is 30.0 Å².